The summed E-state index contributed by atoms with van der Waals surface area (Å²) in [6.45, 7) is 4.13. The summed E-state index contributed by atoms with van der Waals surface area (Å²) in [4.78, 5) is 24.9. The standard InChI is InChI=1S/C22H21ClO5/c1-3-11-26-22(25)19(4-2)28-14-9-10-16-20(12-14)27-13-17(21(16)24)15-7-5-6-8-18(15)23/h5-10,12-13,19H,3-4,11H2,1-2H3/t19-/m0/s1. The second-order valence-electron chi connectivity index (χ2n) is 6.30. The number of fused-ring (bicyclic) bond motifs is 1. The SMILES string of the molecule is CCCOC(=O)[C@H](CC)Oc1ccc2c(=O)c(-c3ccccc3Cl)coc2c1. The Morgan fingerprint density at radius 1 is 1.14 bits per heavy atom. The molecule has 28 heavy (non-hydrogen) atoms. The highest BCUT2D eigenvalue weighted by Crippen LogP contribution is 2.28. The minimum Gasteiger partial charge on any atom is -0.479 e. The fourth-order valence-electron chi connectivity index (χ4n) is 2.81. The highest BCUT2D eigenvalue weighted by atomic mass is 35.5. The smallest absolute Gasteiger partial charge is 0.347 e. The number of hydrogen-bond donors (Lipinski definition) is 0. The molecule has 0 aliphatic carbocycles. The number of carbonyl (C=O) groups is 1. The van der Waals surface area contributed by atoms with Crippen LogP contribution < -0.4 is 10.2 Å². The van der Waals surface area contributed by atoms with Gasteiger partial charge in [-0.2, -0.15) is 0 Å². The lowest BCUT2D eigenvalue weighted by atomic mass is 10.1. The van der Waals surface area contributed by atoms with E-state index in [-0.39, 0.29) is 5.43 Å². The third-order valence-corrected chi connectivity index (χ3v) is 4.60. The van der Waals surface area contributed by atoms with Crippen molar-refractivity contribution in [3.05, 3.63) is 64.0 Å². The number of halogens is 1. The van der Waals surface area contributed by atoms with Crippen LogP contribution in [-0.2, 0) is 9.53 Å². The molecule has 0 amide bonds. The van der Waals surface area contributed by atoms with Gasteiger partial charge < -0.3 is 13.9 Å². The Morgan fingerprint density at radius 2 is 1.93 bits per heavy atom. The van der Waals surface area contributed by atoms with E-state index < -0.39 is 12.1 Å². The van der Waals surface area contributed by atoms with Gasteiger partial charge in [0.1, 0.15) is 17.6 Å². The molecule has 0 N–H and O–H groups in total. The fraction of sp³-hybridized carbons (Fsp3) is 0.273. The molecule has 2 aromatic carbocycles. The summed E-state index contributed by atoms with van der Waals surface area (Å²) in [5, 5.41) is 0.886. The summed E-state index contributed by atoms with van der Waals surface area (Å²) >= 11 is 6.20. The molecule has 0 saturated carbocycles. The van der Waals surface area contributed by atoms with Gasteiger partial charge in [-0.15, -0.1) is 0 Å². The van der Waals surface area contributed by atoms with Crippen LogP contribution in [0.15, 0.2) is 57.9 Å². The summed E-state index contributed by atoms with van der Waals surface area (Å²) in [7, 11) is 0. The van der Waals surface area contributed by atoms with Crippen LogP contribution in [0.1, 0.15) is 26.7 Å². The molecule has 146 valence electrons. The summed E-state index contributed by atoms with van der Waals surface area (Å²) in [5.41, 5.74) is 1.19. The Labute approximate surface area is 167 Å². The first-order valence-corrected chi connectivity index (χ1v) is 9.56. The van der Waals surface area contributed by atoms with Crippen molar-refractivity contribution in [2.24, 2.45) is 0 Å². The minimum absolute atomic E-state index is 0.185. The molecule has 0 aliphatic rings. The van der Waals surface area contributed by atoms with E-state index >= 15 is 0 Å². The molecule has 0 fully saturated rings. The summed E-state index contributed by atoms with van der Waals surface area (Å²) in [6.07, 6.45) is 1.90. The van der Waals surface area contributed by atoms with Crippen LogP contribution in [0, 0.1) is 0 Å². The van der Waals surface area contributed by atoms with Crippen LogP contribution in [0.3, 0.4) is 0 Å². The van der Waals surface area contributed by atoms with E-state index in [1.807, 2.05) is 19.9 Å². The largest absolute Gasteiger partial charge is 0.479 e. The average molecular weight is 401 g/mol. The van der Waals surface area contributed by atoms with Gasteiger partial charge in [-0.3, -0.25) is 4.79 Å². The van der Waals surface area contributed by atoms with Gasteiger partial charge in [-0.25, -0.2) is 4.79 Å². The fourth-order valence-corrected chi connectivity index (χ4v) is 3.04. The average Bonchev–Trinajstić information content (AvgIpc) is 2.71. The Kier molecular flexibility index (Phi) is 6.37. The molecule has 6 heteroatoms. The number of rotatable bonds is 7. The Hall–Kier alpha value is -2.79. The molecule has 1 aromatic heterocycles. The van der Waals surface area contributed by atoms with Crippen molar-refractivity contribution in [3.63, 3.8) is 0 Å². The molecule has 0 aliphatic heterocycles. The van der Waals surface area contributed by atoms with Crippen molar-refractivity contribution in [2.45, 2.75) is 32.8 Å². The first kappa shape index (κ1) is 20.0. The summed E-state index contributed by atoms with van der Waals surface area (Å²) in [5.74, 6) is 0.0291. The predicted octanol–water partition coefficient (Wildman–Crippen LogP) is 5.22. The van der Waals surface area contributed by atoms with Crippen molar-refractivity contribution in [2.75, 3.05) is 6.61 Å². The highest BCUT2D eigenvalue weighted by Gasteiger charge is 2.20. The van der Waals surface area contributed by atoms with Gasteiger partial charge in [-0.05, 0) is 31.0 Å². The molecule has 5 nitrogen and oxygen atoms in total. The molecule has 0 saturated heterocycles. The van der Waals surface area contributed by atoms with Crippen molar-refractivity contribution in [3.8, 4) is 16.9 Å². The first-order chi connectivity index (χ1) is 13.5. The molecule has 0 unspecified atom stereocenters. The van der Waals surface area contributed by atoms with Crippen LogP contribution in [-0.4, -0.2) is 18.7 Å². The van der Waals surface area contributed by atoms with E-state index in [0.29, 0.717) is 45.9 Å². The number of carbonyl (C=O) groups excluding carboxylic acids is 1. The van der Waals surface area contributed by atoms with Crippen LogP contribution in [0.5, 0.6) is 5.75 Å². The first-order valence-electron chi connectivity index (χ1n) is 9.18. The Bertz CT molecular complexity index is 1040. The lowest BCUT2D eigenvalue weighted by molar-refractivity contribution is -0.152. The van der Waals surface area contributed by atoms with Gasteiger partial charge in [0.2, 0.25) is 5.43 Å². The Morgan fingerprint density at radius 3 is 2.64 bits per heavy atom. The zero-order chi connectivity index (χ0) is 20.1. The maximum absolute atomic E-state index is 12.9. The zero-order valence-corrected chi connectivity index (χ0v) is 16.5. The summed E-state index contributed by atoms with van der Waals surface area (Å²) in [6, 6.07) is 12.0. The molecule has 0 bridgehead atoms. The summed E-state index contributed by atoms with van der Waals surface area (Å²) < 4.78 is 16.6. The monoisotopic (exact) mass is 400 g/mol. The lowest BCUT2D eigenvalue weighted by Gasteiger charge is -2.16. The van der Waals surface area contributed by atoms with E-state index in [0.717, 1.165) is 6.42 Å². The maximum Gasteiger partial charge on any atom is 0.347 e. The third kappa shape index (κ3) is 4.20. The normalized spacial score (nSPS) is 12.0. The molecule has 1 atom stereocenters. The Balaban J connectivity index is 1.91. The van der Waals surface area contributed by atoms with Crippen LogP contribution in [0.4, 0.5) is 0 Å². The topological polar surface area (TPSA) is 65.7 Å². The maximum atomic E-state index is 12.9. The molecule has 0 spiro atoms. The van der Waals surface area contributed by atoms with E-state index in [1.54, 1.807) is 36.4 Å². The van der Waals surface area contributed by atoms with Gasteiger partial charge in [0.25, 0.3) is 0 Å². The van der Waals surface area contributed by atoms with Crippen molar-refractivity contribution in [1.29, 1.82) is 0 Å². The predicted molar refractivity (Wildman–Crippen MR) is 109 cm³/mol. The van der Waals surface area contributed by atoms with E-state index in [1.165, 1.54) is 6.26 Å². The van der Waals surface area contributed by atoms with Gasteiger partial charge in [0.15, 0.2) is 6.10 Å². The van der Waals surface area contributed by atoms with Gasteiger partial charge in [0.05, 0.1) is 17.6 Å². The third-order valence-electron chi connectivity index (χ3n) is 4.27. The molecule has 1 heterocycles. The van der Waals surface area contributed by atoms with Gasteiger partial charge in [0, 0.05) is 16.7 Å². The highest BCUT2D eigenvalue weighted by molar-refractivity contribution is 6.33. The zero-order valence-electron chi connectivity index (χ0n) is 15.7. The van der Waals surface area contributed by atoms with E-state index in [2.05, 4.69) is 0 Å². The van der Waals surface area contributed by atoms with E-state index in [4.69, 9.17) is 25.5 Å². The number of esters is 1. The van der Waals surface area contributed by atoms with Gasteiger partial charge in [-0.1, -0.05) is 43.6 Å². The van der Waals surface area contributed by atoms with E-state index in [9.17, 15) is 9.59 Å². The molecule has 3 rings (SSSR count). The van der Waals surface area contributed by atoms with Crippen molar-refractivity contribution >= 4 is 28.5 Å². The number of ether oxygens (including phenoxy) is 2. The van der Waals surface area contributed by atoms with Crippen molar-refractivity contribution in [1.82, 2.24) is 0 Å². The quantitative estimate of drug-likeness (QED) is 0.508. The molecule has 0 radical (unpaired) electrons. The second kappa shape index (κ2) is 8.93. The number of hydrogen-bond acceptors (Lipinski definition) is 5. The van der Waals surface area contributed by atoms with Crippen LogP contribution in [0.25, 0.3) is 22.1 Å². The van der Waals surface area contributed by atoms with Crippen LogP contribution >= 0.6 is 11.6 Å². The molecular weight excluding hydrogens is 380 g/mol. The number of benzene rings is 2. The molecule has 3 aromatic rings. The second-order valence-corrected chi connectivity index (χ2v) is 6.71. The van der Waals surface area contributed by atoms with Crippen molar-refractivity contribution < 1.29 is 18.7 Å². The minimum atomic E-state index is -0.710. The molecular formula is C22H21ClO5. The lowest BCUT2D eigenvalue weighted by Crippen LogP contribution is -2.28. The van der Waals surface area contributed by atoms with Gasteiger partial charge >= 0.3 is 5.97 Å². The van der Waals surface area contributed by atoms with Crippen LogP contribution in [0.2, 0.25) is 5.02 Å².